The summed E-state index contributed by atoms with van der Waals surface area (Å²) in [6, 6.07) is 128. The van der Waals surface area contributed by atoms with Crippen LogP contribution >= 0.6 is 0 Å². The van der Waals surface area contributed by atoms with Crippen molar-refractivity contribution in [2.24, 2.45) is 0 Å². The summed E-state index contributed by atoms with van der Waals surface area (Å²) < 4.78 is 0. The van der Waals surface area contributed by atoms with Gasteiger partial charge in [-0.15, -0.1) is 0 Å². The second-order valence-electron chi connectivity index (χ2n) is 30.4. The average molecular weight is 1340 g/mol. The maximum atomic E-state index is 2.40. The Hall–Kier alpha value is -11.4. The van der Waals surface area contributed by atoms with Gasteiger partial charge in [-0.05, 0) is 188 Å². The number of hydrogen-bond acceptors (Lipinski definition) is 0. The molecule has 0 amide bonds. The van der Waals surface area contributed by atoms with E-state index in [0.717, 1.165) is 0 Å². The lowest BCUT2D eigenvalue weighted by molar-refractivity contribution is 0.590. The van der Waals surface area contributed by atoms with Crippen LogP contribution in [0.5, 0.6) is 0 Å². The SMILES string of the molecule is Cc1ccc(-c2ccc3ccccc3c2)cc1.Cc1ccc(C(C)(C)C)cc1.Cc1ccc(C)cc1.Cc1ccc2c(c1)C(C)(C)c1ccccc1-2.Cc1ccc2c(c1)C(c1ccccc1)(c1ccccc1)c1ccccc1-2.Cc1ccc2c(c1)C1(c3ccccc3-c3ccccc31)c1ccccc1-2. The van der Waals surface area contributed by atoms with Crippen LogP contribution in [0.4, 0.5) is 0 Å². The van der Waals surface area contributed by atoms with Crippen molar-refractivity contribution in [3.05, 3.63) is 452 Å². The minimum absolute atomic E-state index is 0.151. The zero-order chi connectivity index (χ0) is 72.3. The Morgan fingerprint density at radius 2 is 0.490 bits per heavy atom. The van der Waals surface area contributed by atoms with Gasteiger partial charge in [0.25, 0.3) is 0 Å². The highest BCUT2D eigenvalue weighted by Gasteiger charge is 2.51. The third kappa shape index (κ3) is 13.2. The minimum Gasteiger partial charge on any atom is -0.0622 e. The van der Waals surface area contributed by atoms with E-state index in [0.29, 0.717) is 0 Å². The predicted molar refractivity (Wildman–Crippen MR) is 445 cm³/mol. The van der Waals surface area contributed by atoms with Crippen LogP contribution in [0.15, 0.2) is 352 Å². The van der Waals surface area contributed by atoms with Crippen LogP contribution in [-0.2, 0) is 21.7 Å². The quantitative estimate of drug-likeness (QED) is 0.165. The van der Waals surface area contributed by atoms with E-state index in [2.05, 4.69) is 435 Å². The summed E-state index contributed by atoms with van der Waals surface area (Å²) in [7, 11) is 0. The fourth-order valence-corrected chi connectivity index (χ4v) is 16.4. The molecule has 15 aromatic rings. The van der Waals surface area contributed by atoms with E-state index in [1.807, 2.05) is 0 Å². The topological polar surface area (TPSA) is 0 Å². The number of hydrogen-bond donors (Lipinski definition) is 0. The van der Waals surface area contributed by atoms with Crippen LogP contribution in [0, 0.1) is 48.5 Å². The second kappa shape index (κ2) is 29.1. The zero-order valence-electron chi connectivity index (χ0n) is 62.5. The Morgan fingerprint density at radius 1 is 0.202 bits per heavy atom. The van der Waals surface area contributed by atoms with Gasteiger partial charge in [-0.2, -0.15) is 0 Å². The van der Waals surface area contributed by atoms with Gasteiger partial charge in [-0.25, -0.2) is 0 Å². The van der Waals surface area contributed by atoms with E-state index in [1.54, 1.807) is 0 Å². The van der Waals surface area contributed by atoms with Gasteiger partial charge in [0.1, 0.15) is 0 Å². The summed E-state index contributed by atoms with van der Waals surface area (Å²) in [5.74, 6) is 0. The van der Waals surface area contributed by atoms with Gasteiger partial charge in [0.05, 0.1) is 10.8 Å². The Morgan fingerprint density at radius 3 is 0.913 bits per heavy atom. The molecular weight excluding hydrogens is 1250 g/mol. The molecule has 4 aliphatic rings. The Kier molecular flexibility index (Phi) is 19.5. The Balaban J connectivity index is 0.000000110. The molecule has 4 aliphatic carbocycles. The Bertz CT molecular complexity index is 5320. The highest BCUT2D eigenvalue weighted by molar-refractivity contribution is 5.95. The van der Waals surface area contributed by atoms with Gasteiger partial charge in [-0.1, -0.05) is 419 Å². The molecule has 0 aliphatic heterocycles. The lowest BCUT2D eigenvalue weighted by Gasteiger charge is -2.34. The highest BCUT2D eigenvalue weighted by Crippen LogP contribution is 2.63. The van der Waals surface area contributed by atoms with Crippen LogP contribution in [0.25, 0.3) is 66.4 Å². The molecule has 15 aromatic carbocycles. The maximum absolute atomic E-state index is 2.40. The van der Waals surface area contributed by atoms with Gasteiger partial charge < -0.3 is 0 Å². The first-order valence-corrected chi connectivity index (χ1v) is 37.0. The third-order valence-corrected chi connectivity index (χ3v) is 21.8. The van der Waals surface area contributed by atoms with Gasteiger partial charge in [0, 0.05) is 5.41 Å². The lowest BCUT2D eigenvalue weighted by Crippen LogP contribution is -2.28. The van der Waals surface area contributed by atoms with E-state index < -0.39 is 0 Å². The predicted octanol–water partition coefficient (Wildman–Crippen LogP) is 27.4. The van der Waals surface area contributed by atoms with Crippen molar-refractivity contribution in [1.82, 2.24) is 0 Å². The summed E-state index contributed by atoms with van der Waals surface area (Å²) in [6.07, 6.45) is 0. The highest BCUT2D eigenvalue weighted by atomic mass is 14.5. The van der Waals surface area contributed by atoms with E-state index in [1.165, 1.54) is 167 Å². The molecule has 0 aromatic heterocycles. The molecule has 0 unspecified atom stereocenters. The molecule has 0 radical (unpaired) electrons. The summed E-state index contributed by atoms with van der Waals surface area (Å²) in [6.45, 7) is 26.3. The van der Waals surface area contributed by atoms with Crippen molar-refractivity contribution in [3.63, 3.8) is 0 Å². The van der Waals surface area contributed by atoms with Crippen molar-refractivity contribution < 1.29 is 0 Å². The van der Waals surface area contributed by atoms with Crippen LogP contribution in [0.1, 0.15) is 135 Å². The molecule has 0 saturated carbocycles. The smallest absolute Gasteiger partial charge is 0.0622 e. The number of benzene rings is 15. The summed E-state index contributed by atoms with van der Waals surface area (Å²) in [5.41, 5.74) is 38.2. The largest absolute Gasteiger partial charge is 0.0725 e. The summed E-state index contributed by atoms with van der Waals surface area (Å²) in [5, 5.41) is 2.59. The lowest BCUT2D eigenvalue weighted by atomic mass is 9.67. The van der Waals surface area contributed by atoms with Crippen LogP contribution in [0.2, 0.25) is 0 Å². The number of aryl methyl sites for hydroxylation is 7. The van der Waals surface area contributed by atoms with Gasteiger partial charge in [0.15, 0.2) is 0 Å². The number of fused-ring (bicyclic) bond motifs is 17. The second-order valence-corrected chi connectivity index (χ2v) is 30.4. The van der Waals surface area contributed by atoms with Crippen molar-refractivity contribution in [2.75, 3.05) is 0 Å². The summed E-state index contributed by atoms with van der Waals surface area (Å²) in [4.78, 5) is 0. The van der Waals surface area contributed by atoms with Crippen molar-refractivity contribution in [3.8, 4) is 55.6 Å². The van der Waals surface area contributed by atoms with Crippen LogP contribution < -0.4 is 0 Å². The standard InChI is InChI=1S/C26H18.C26H20.C17H14.C16H16.C11H16.C8H10/c1-17-14-15-21-20-10-4-7-13-24(20)26(25(21)16-17)22-11-5-2-8-18(22)19-9-3-6-12-23(19)26;1-19-16-17-23-22-14-8-9-15-24(22)26(25(23)18-19,20-10-4-2-5-11-20)21-12-6-3-7-13-21;1-13-6-8-15(9-7-13)17-11-10-14-4-2-3-5-16(14)12-17;1-11-8-9-13-12-6-4-5-7-14(12)16(2,3)15(13)10-11;1-9-5-7-10(8-6-9)11(2,3)4;1-7-3-5-8(2)6-4-7/h2-16H,1H3;2-18H,1H3;2-12H,1H3;4-10H,1-3H3;5-8H,1-4H3;3-6H,1-2H3. The van der Waals surface area contributed by atoms with Crippen LogP contribution in [-0.4, -0.2) is 0 Å². The first-order valence-electron chi connectivity index (χ1n) is 37.0. The molecule has 1 spiro atoms. The van der Waals surface area contributed by atoms with E-state index in [9.17, 15) is 0 Å². The molecule has 0 bridgehead atoms. The fourth-order valence-electron chi connectivity index (χ4n) is 16.4. The van der Waals surface area contributed by atoms with Gasteiger partial charge in [-0.3, -0.25) is 0 Å². The first-order chi connectivity index (χ1) is 50.3. The van der Waals surface area contributed by atoms with E-state index in [4.69, 9.17) is 0 Å². The van der Waals surface area contributed by atoms with Gasteiger partial charge in [0.2, 0.25) is 0 Å². The molecule has 0 saturated heterocycles. The van der Waals surface area contributed by atoms with Crippen molar-refractivity contribution in [1.29, 1.82) is 0 Å². The van der Waals surface area contributed by atoms with Gasteiger partial charge >= 0.3 is 0 Å². The first kappa shape index (κ1) is 69.6. The molecule has 104 heavy (non-hydrogen) atoms. The molecular formula is C104H94. The molecule has 0 heteroatoms. The third-order valence-electron chi connectivity index (χ3n) is 21.8. The normalized spacial score (nSPS) is 13.2. The molecule has 0 atom stereocenters. The fraction of sp³-hybridized carbons (Fsp3) is 0.154. The maximum Gasteiger partial charge on any atom is 0.0725 e. The monoisotopic (exact) mass is 1340 g/mol. The Labute approximate surface area is 619 Å². The van der Waals surface area contributed by atoms with E-state index in [-0.39, 0.29) is 21.7 Å². The molecule has 0 nitrogen and oxygen atoms in total. The van der Waals surface area contributed by atoms with Crippen LogP contribution in [0.3, 0.4) is 0 Å². The van der Waals surface area contributed by atoms with E-state index >= 15 is 0 Å². The average Bonchev–Trinajstić information content (AvgIpc) is 1.51. The molecule has 0 heterocycles. The van der Waals surface area contributed by atoms with Crippen molar-refractivity contribution in [2.45, 2.75) is 105 Å². The minimum atomic E-state index is -0.263. The molecule has 19 rings (SSSR count). The molecule has 0 N–H and O–H groups in total. The van der Waals surface area contributed by atoms with Crippen molar-refractivity contribution >= 4 is 10.8 Å². The number of rotatable bonds is 3. The summed E-state index contributed by atoms with van der Waals surface area (Å²) >= 11 is 0. The molecule has 510 valence electrons. The zero-order valence-corrected chi connectivity index (χ0v) is 62.5. The molecule has 0 fully saturated rings.